The number of halogens is 2. The molecule has 0 atom stereocenters. The van der Waals surface area contributed by atoms with E-state index in [0.29, 0.717) is 16.1 Å². The van der Waals surface area contributed by atoms with Crippen LogP contribution in [0, 0.1) is 0 Å². The van der Waals surface area contributed by atoms with Gasteiger partial charge in [0.1, 0.15) is 0 Å². The molecule has 0 fully saturated rings. The average Bonchev–Trinajstić information content (AvgIpc) is 2.70. The van der Waals surface area contributed by atoms with Gasteiger partial charge in [-0.3, -0.25) is 4.79 Å². The molecule has 2 aromatic rings. The highest BCUT2D eigenvalue weighted by Gasteiger charge is 2.13. The van der Waals surface area contributed by atoms with Gasteiger partial charge in [0.25, 0.3) is 5.91 Å². The van der Waals surface area contributed by atoms with Crippen LogP contribution in [0.3, 0.4) is 0 Å². The third kappa shape index (κ3) is 3.00. The highest BCUT2D eigenvalue weighted by Crippen LogP contribution is 2.32. The Hall–Kier alpha value is -0.690. The number of amides is 1. The minimum absolute atomic E-state index is 0.103. The molecule has 2 N–H and O–H groups in total. The lowest BCUT2D eigenvalue weighted by Crippen LogP contribution is -2.11. The van der Waals surface area contributed by atoms with E-state index in [-0.39, 0.29) is 12.5 Å². The summed E-state index contributed by atoms with van der Waals surface area (Å²) in [6.45, 7) is -0.103. The number of carbonyl (C=O) groups excluding carboxylic acids is 1. The third-order valence-corrected chi connectivity index (χ3v) is 5.56. The van der Waals surface area contributed by atoms with E-state index in [4.69, 9.17) is 0 Å². The molecule has 0 spiro atoms. The molecule has 1 amide bonds. The zero-order chi connectivity index (χ0) is 13.1. The van der Waals surface area contributed by atoms with E-state index in [0.717, 1.165) is 8.26 Å². The number of hydrogen-bond donors (Lipinski definition) is 2. The van der Waals surface area contributed by atoms with Gasteiger partial charge in [-0.1, -0.05) is 18.2 Å². The Morgan fingerprint density at radius 3 is 2.67 bits per heavy atom. The number of thiophene rings is 1. The van der Waals surface area contributed by atoms with Crippen molar-refractivity contribution in [3.05, 3.63) is 49.0 Å². The number of para-hydroxylation sites is 1. The van der Waals surface area contributed by atoms with Crippen LogP contribution in [0.2, 0.25) is 0 Å². The zero-order valence-corrected chi connectivity index (χ0v) is 13.1. The van der Waals surface area contributed by atoms with Crippen LogP contribution in [0.5, 0.6) is 0 Å². The first-order valence-corrected chi connectivity index (χ1v) is 7.47. The van der Waals surface area contributed by atoms with Crippen molar-refractivity contribution in [1.29, 1.82) is 0 Å². The zero-order valence-electron chi connectivity index (χ0n) is 9.11. The Kier molecular flexibility index (Phi) is 4.55. The van der Waals surface area contributed by atoms with Gasteiger partial charge >= 0.3 is 0 Å². The van der Waals surface area contributed by atoms with E-state index >= 15 is 0 Å². The Balaban J connectivity index is 2.21. The van der Waals surface area contributed by atoms with E-state index in [1.165, 1.54) is 11.3 Å². The molecule has 94 valence electrons. The lowest BCUT2D eigenvalue weighted by molar-refractivity contribution is 0.103. The van der Waals surface area contributed by atoms with Gasteiger partial charge < -0.3 is 10.4 Å². The summed E-state index contributed by atoms with van der Waals surface area (Å²) in [6.07, 6.45) is 0. The molecule has 0 aliphatic rings. The second-order valence-corrected chi connectivity index (χ2v) is 6.73. The van der Waals surface area contributed by atoms with Crippen molar-refractivity contribution in [3.8, 4) is 0 Å². The maximum Gasteiger partial charge on any atom is 0.265 e. The van der Waals surface area contributed by atoms with E-state index in [2.05, 4.69) is 37.2 Å². The SMILES string of the molecule is O=C(Nc1ccccc1CO)c1cc(Br)c(Br)s1. The fourth-order valence-corrected chi connectivity index (χ4v) is 3.35. The standard InChI is InChI=1S/C12H9Br2NO2S/c13-8-5-10(18-11(8)14)12(17)15-9-4-2-1-3-7(9)6-16/h1-5,16H,6H2,(H,15,17). The molecule has 6 heteroatoms. The van der Waals surface area contributed by atoms with Crippen LogP contribution in [-0.2, 0) is 6.61 Å². The molecular formula is C12H9Br2NO2S. The van der Waals surface area contributed by atoms with Gasteiger partial charge in [0, 0.05) is 15.7 Å². The van der Waals surface area contributed by atoms with Crippen molar-refractivity contribution in [2.24, 2.45) is 0 Å². The maximum absolute atomic E-state index is 12.0. The fourth-order valence-electron chi connectivity index (χ4n) is 1.42. The monoisotopic (exact) mass is 389 g/mol. The topological polar surface area (TPSA) is 49.3 Å². The van der Waals surface area contributed by atoms with Crippen molar-refractivity contribution >= 4 is 54.8 Å². The Morgan fingerprint density at radius 1 is 1.33 bits per heavy atom. The highest BCUT2D eigenvalue weighted by atomic mass is 79.9. The number of carbonyl (C=O) groups is 1. The average molecular weight is 391 g/mol. The van der Waals surface area contributed by atoms with Gasteiger partial charge in [-0.05, 0) is 44.0 Å². The fraction of sp³-hybridized carbons (Fsp3) is 0.0833. The molecule has 0 aliphatic carbocycles. The second-order valence-electron chi connectivity index (χ2n) is 3.50. The molecule has 3 nitrogen and oxygen atoms in total. The molecule has 0 aliphatic heterocycles. The predicted octanol–water partition coefficient (Wildman–Crippen LogP) is 4.02. The Labute approximate surface area is 125 Å². The van der Waals surface area contributed by atoms with Crippen molar-refractivity contribution in [3.63, 3.8) is 0 Å². The normalized spacial score (nSPS) is 10.4. The van der Waals surface area contributed by atoms with E-state index < -0.39 is 0 Å². The van der Waals surface area contributed by atoms with Crippen LogP contribution in [0.25, 0.3) is 0 Å². The van der Waals surface area contributed by atoms with E-state index in [9.17, 15) is 9.90 Å². The molecule has 1 aromatic heterocycles. The predicted molar refractivity (Wildman–Crippen MR) is 80.0 cm³/mol. The molecule has 1 aromatic carbocycles. The first-order chi connectivity index (χ1) is 8.61. The molecule has 0 radical (unpaired) electrons. The lowest BCUT2D eigenvalue weighted by Gasteiger charge is -2.07. The quantitative estimate of drug-likeness (QED) is 0.831. The van der Waals surface area contributed by atoms with Crippen molar-refractivity contribution in [1.82, 2.24) is 0 Å². The summed E-state index contributed by atoms with van der Waals surface area (Å²) in [6, 6.07) is 8.93. The number of rotatable bonds is 3. The number of aliphatic hydroxyl groups is 1. The second kappa shape index (κ2) is 5.97. The lowest BCUT2D eigenvalue weighted by atomic mass is 10.2. The molecule has 1 heterocycles. The molecular weight excluding hydrogens is 382 g/mol. The summed E-state index contributed by atoms with van der Waals surface area (Å²) in [5.41, 5.74) is 1.33. The van der Waals surface area contributed by atoms with Crippen LogP contribution in [0.15, 0.2) is 38.6 Å². The van der Waals surface area contributed by atoms with E-state index in [1.54, 1.807) is 18.2 Å². The highest BCUT2D eigenvalue weighted by molar-refractivity contribution is 9.13. The van der Waals surface area contributed by atoms with Crippen LogP contribution >= 0.6 is 43.2 Å². The maximum atomic E-state index is 12.0. The summed E-state index contributed by atoms with van der Waals surface area (Å²) in [4.78, 5) is 12.6. The Bertz CT molecular complexity index is 564. The van der Waals surface area contributed by atoms with Crippen LogP contribution in [-0.4, -0.2) is 11.0 Å². The van der Waals surface area contributed by atoms with Gasteiger partial charge in [0.2, 0.25) is 0 Å². The first kappa shape index (κ1) is 13.7. The molecule has 0 unspecified atom stereocenters. The summed E-state index contributed by atoms with van der Waals surface area (Å²) in [7, 11) is 0. The van der Waals surface area contributed by atoms with Crippen LogP contribution in [0.4, 0.5) is 5.69 Å². The van der Waals surface area contributed by atoms with Gasteiger partial charge in [-0.15, -0.1) is 11.3 Å². The van der Waals surface area contributed by atoms with Gasteiger partial charge in [0.15, 0.2) is 0 Å². The molecule has 0 saturated carbocycles. The largest absolute Gasteiger partial charge is 0.392 e. The van der Waals surface area contributed by atoms with Gasteiger partial charge in [-0.2, -0.15) is 0 Å². The molecule has 18 heavy (non-hydrogen) atoms. The molecule has 2 rings (SSSR count). The van der Waals surface area contributed by atoms with Crippen molar-refractivity contribution in [2.45, 2.75) is 6.61 Å². The number of aliphatic hydroxyl groups excluding tert-OH is 1. The van der Waals surface area contributed by atoms with Crippen molar-refractivity contribution < 1.29 is 9.90 Å². The summed E-state index contributed by atoms with van der Waals surface area (Å²) >= 11 is 8.04. The minimum Gasteiger partial charge on any atom is -0.392 e. The van der Waals surface area contributed by atoms with Gasteiger partial charge in [0.05, 0.1) is 15.3 Å². The Morgan fingerprint density at radius 2 is 2.06 bits per heavy atom. The third-order valence-electron chi connectivity index (χ3n) is 2.30. The minimum atomic E-state index is -0.188. The summed E-state index contributed by atoms with van der Waals surface area (Å²) in [5, 5.41) is 12.0. The number of hydrogen-bond acceptors (Lipinski definition) is 3. The van der Waals surface area contributed by atoms with Gasteiger partial charge in [-0.25, -0.2) is 0 Å². The molecule has 0 bridgehead atoms. The van der Waals surface area contributed by atoms with Crippen LogP contribution in [0.1, 0.15) is 15.2 Å². The molecule has 0 saturated heterocycles. The van der Waals surface area contributed by atoms with E-state index in [1.807, 2.05) is 12.1 Å². The summed E-state index contributed by atoms with van der Waals surface area (Å²) in [5.74, 6) is -0.188. The summed E-state index contributed by atoms with van der Waals surface area (Å²) < 4.78 is 1.73. The number of benzene rings is 1. The number of nitrogens with one attached hydrogen (secondary N) is 1. The van der Waals surface area contributed by atoms with Crippen molar-refractivity contribution in [2.75, 3.05) is 5.32 Å². The van der Waals surface area contributed by atoms with Crippen LogP contribution < -0.4 is 5.32 Å². The smallest absolute Gasteiger partial charge is 0.265 e. The number of anilines is 1. The first-order valence-electron chi connectivity index (χ1n) is 5.06.